The van der Waals surface area contributed by atoms with Crippen LogP contribution in [0.4, 0.5) is 10.5 Å². The van der Waals surface area contributed by atoms with Gasteiger partial charge >= 0.3 is 6.09 Å². The molecule has 30 heavy (non-hydrogen) atoms. The van der Waals surface area contributed by atoms with E-state index in [-0.39, 0.29) is 25.5 Å². The van der Waals surface area contributed by atoms with Gasteiger partial charge in [-0.25, -0.2) is 4.79 Å². The van der Waals surface area contributed by atoms with Crippen molar-refractivity contribution in [2.45, 2.75) is 45.9 Å². The van der Waals surface area contributed by atoms with Crippen molar-refractivity contribution in [2.75, 3.05) is 13.2 Å². The van der Waals surface area contributed by atoms with Crippen LogP contribution in [0.2, 0.25) is 0 Å². The Balaban J connectivity index is 1.96. The third-order valence-corrected chi connectivity index (χ3v) is 3.87. The van der Waals surface area contributed by atoms with E-state index < -0.39 is 22.7 Å². The van der Waals surface area contributed by atoms with E-state index in [9.17, 15) is 14.9 Å². The number of carbonyl (C=O) groups excluding carboxylic acids is 1. The number of aryl methyl sites for hydroxylation is 1. The Bertz CT molecular complexity index is 863. The summed E-state index contributed by atoms with van der Waals surface area (Å²) in [6.45, 7) is 7.80. The molecule has 0 spiro atoms. The number of nitro groups is 1. The Morgan fingerprint density at radius 1 is 1.13 bits per heavy atom. The molecule has 0 aliphatic heterocycles. The first-order valence-corrected chi connectivity index (χ1v) is 9.62. The van der Waals surface area contributed by atoms with Crippen LogP contribution in [0.25, 0.3) is 0 Å². The Labute approximate surface area is 176 Å². The number of hydrogen-bond donors (Lipinski definition) is 1. The summed E-state index contributed by atoms with van der Waals surface area (Å²) in [6, 6.07) is 13.3. The minimum absolute atomic E-state index is 0.00214. The van der Waals surface area contributed by atoms with Crippen molar-refractivity contribution < 1.29 is 23.9 Å². The van der Waals surface area contributed by atoms with Gasteiger partial charge in [-0.3, -0.25) is 10.1 Å². The zero-order valence-corrected chi connectivity index (χ0v) is 17.7. The number of amides is 1. The van der Waals surface area contributed by atoms with E-state index in [0.717, 1.165) is 5.56 Å². The lowest BCUT2D eigenvalue weighted by molar-refractivity contribution is -0.384. The van der Waals surface area contributed by atoms with Gasteiger partial charge in [0.25, 0.3) is 5.69 Å². The zero-order chi connectivity index (χ0) is 22.1. The van der Waals surface area contributed by atoms with E-state index in [1.165, 1.54) is 12.1 Å². The zero-order valence-electron chi connectivity index (χ0n) is 17.7. The number of nitrogens with one attached hydrogen (secondary N) is 1. The minimum atomic E-state index is -0.629. The Kier molecular flexibility index (Phi) is 8.17. The summed E-state index contributed by atoms with van der Waals surface area (Å²) in [5.74, 6) is 0.685. The third kappa shape index (κ3) is 8.48. The van der Waals surface area contributed by atoms with E-state index >= 15 is 0 Å². The standard InChI is InChI=1S/C22H28N2O6/c1-16-7-5-10-20(11-16)29-15-18(23-21(25)30-22(2,3)4)14-28-13-17-8-6-9-19(12-17)24(26)27/h5-12,18H,13-15H2,1-4H3,(H,23,25)/t18-/m0/s1. The van der Waals surface area contributed by atoms with Gasteiger partial charge in [-0.15, -0.1) is 0 Å². The Hall–Kier alpha value is -3.13. The van der Waals surface area contributed by atoms with Gasteiger partial charge in [-0.2, -0.15) is 0 Å². The maximum Gasteiger partial charge on any atom is 0.408 e. The fraction of sp³-hybridized carbons (Fsp3) is 0.409. The number of hydrogen-bond acceptors (Lipinski definition) is 6. The van der Waals surface area contributed by atoms with Crippen molar-refractivity contribution in [3.05, 3.63) is 69.8 Å². The molecule has 8 heteroatoms. The summed E-state index contributed by atoms with van der Waals surface area (Å²) < 4.78 is 16.8. The highest BCUT2D eigenvalue weighted by Crippen LogP contribution is 2.15. The van der Waals surface area contributed by atoms with Crippen molar-refractivity contribution in [3.8, 4) is 5.75 Å². The van der Waals surface area contributed by atoms with Crippen LogP contribution in [0, 0.1) is 17.0 Å². The Morgan fingerprint density at radius 3 is 2.53 bits per heavy atom. The lowest BCUT2D eigenvalue weighted by atomic mass is 10.2. The predicted octanol–water partition coefficient (Wildman–Crippen LogP) is 4.39. The lowest BCUT2D eigenvalue weighted by Gasteiger charge is -2.24. The lowest BCUT2D eigenvalue weighted by Crippen LogP contribution is -2.44. The van der Waals surface area contributed by atoms with Gasteiger partial charge in [-0.1, -0.05) is 24.3 Å². The molecule has 1 amide bonds. The molecule has 0 heterocycles. The number of ether oxygens (including phenoxy) is 3. The second-order valence-corrected chi connectivity index (χ2v) is 7.91. The number of non-ortho nitro benzene ring substituents is 1. The first-order chi connectivity index (χ1) is 14.1. The summed E-state index contributed by atoms with van der Waals surface area (Å²) in [5, 5.41) is 13.7. The van der Waals surface area contributed by atoms with Crippen molar-refractivity contribution in [2.24, 2.45) is 0 Å². The molecule has 0 fully saturated rings. The molecule has 2 aromatic carbocycles. The van der Waals surface area contributed by atoms with Crippen LogP contribution < -0.4 is 10.1 Å². The van der Waals surface area contributed by atoms with Gasteiger partial charge in [0, 0.05) is 12.1 Å². The van der Waals surface area contributed by atoms with E-state index in [1.54, 1.807) is 32.9 Å². The van der Waals surface area contributed by atoms with Gasteiger partial charge in [0.05, 0.1) is 24.2 Å². The van der Waals surface area contributed by atoms with E-state index in [1.807, 2.05) is 31.2 Å². The first-order valence-electron chi connectivity index (χ1n) is 9.62. The molecule has 162 valence electrons. The summed E-state index contributed by atoms with van der Waals surface area (Å²) in [7, 11) is 0. The first kappa shape index (κ1) is 23.2. The summed E-state index contributed by atoms with van der Waals surface area (Å²) in [5.41, 5.74) is 1.10. The molecular weight excluding hydrogens is 388 g/mol. The molecule has 0 unspecified atom stereocenters. The SMILES string of the molecule is Cc1cccc(OC[C@H](COCc2cccc([N+](=O)[O-])c2)NC(=O)OC(C)(C)C)c1. The van der Waals surface area contributed by atoms with Crippen LogP contribution in [-0.4, -0.2) is 35.9 Å². The smallest absolute Gasteiger partial charge is 0.408 e. The monoisotopic (exact) mass is 416 g/mol. The second-order valence-electron chi connectivity index (χ2n) is 7.91. The molecule has 0 radical (unpaired) electrons. The molecule has 0 saturated carbocycles. The maximum absolute atomic E-state index is 12.2. The number of rotatable bonds is 9. The highest BCUT2D eigenvalue weighted by molar-refractivity contribution is 5.68. The van der Waals surface area contributed by atoms with E-state index in [4.69, 9.17) is 14.2 Å². The number of nitrogens with zero attached hydrogens (tertiary/aromatic N) is 1. The van der Waals surface area contributed by atoms with Gasteiger partial charge in [0.2, 0.25) is 0 Å². The molecular formula is C22H28N2O6. The van der Waals surface area contributed by atoms with Gasteiger partial charge in [-0.05, 0) is 51.0 Å². The fourth-order valence-corrected chi connectivity index (χ4v) is 2.59. The predicted molar refractivity (Wildman–Crippen MR) is 113 cm³/mol. The summed E-state index contributed by atoms with van der Waals surface area (Å²) in [6.07, 6.45) is -0.570. The molecule has 0 aromatic heterocycles. The molecule has 0 saturated heterocycles. The molecule has 0 bridgehead atoms. The van der Waals surface area contributed by atoms with Crippen LogP contribution in [0.3, 0.4) is 0 Å². The van der Waals surface area contributed by atoms with Crippen molar-refractivity contribution in [1.82, 2.24) is 5.32 Å². The average Bonchev–Trinajstić information content (AvgIpc) is 2.65. The number of alkyl carbamates (subject to hydrolysis) is 1. The largest absolute Gasteiger partial charge is 0.491 e. The van der Waals surface area contributed by atoms with Crippen LogP contribution in [0.15, 0.2) is 48.5 Å². The van der Waals surface area contributed by atoms with Crippen LogP contribution >= 0.6 is 0 Å². The fourth-order valence-electron chi connectivity index (χ4n) is 2.59. The van der Waals surface area contributed by atoms with Crippen molar-refractivity contribution in [1.29, 1.82) is 0 Å². The molecule has 2 aromatic rings. The molecule has 2 rings (SSSR count). The van der Waals surface area contributed by atoms with E-state index in [0.29, 0.717) is 11.3 Å². The number of nitro benzene ring substituents is 1. The number of benzene rings is 2. The molecule has 0 aliphatic carbocycles. The second kappa shape index (κ2) is 10.6. The minimum Gasteiger partial charge on any atom is -0.491 e. The van der Waals surface area contributed by atoms with Gasteiger partial charge in [0.1, 0.15) is 18.0 Å². The van der Waals surface area contributed by atoms with Crippen molar-refractivity contribution in [3.63, 3.8) is 0 Å². The van der Waals surface area contributed by atoms with E-state index in [2.05, 4.69) is 5.32 Å². The van der Waals surface area contributed by atoms with Crippen LogP contribution in [-0.2, 0) is 16.1 Å². The average molecular weight is 416 g/mol. The molecule has 8 nitrogen and oxygen atoms in total. The molecule has 1 atom stereocenters. The molecule has 1 N–H and O–H groups in total. The van der Waals surface area contributed by atoms with Crippen molar-refractivity contribution >= 4 is 11.8 Å². The quantitative estimate of drug-likeness (QED) is 0.481. The highest BCUT2D eigenvalue weighted by atomic mass is 16.6. The van der Waals surface area contributed by atoms with Crippen LogP contribution in [0.5, 0.6) is 5.75 Å². The molecule has 0 aliphatic rings. The highest BCUT2D eigenvalue weighted by Gasteiger charge is 2.20. The normalized spacial score (nSPS) is 12.1. The topological polar surface area (TPSA) is 99.9 Å². The van der Waals surface area contributed by atoms with Gasteiger partial charge in [0.15, 0.2) is 0 Å². The maximum atomic E-state index is 12.2. The van der Waals surface area contributed by atoms with Crippen LogP contribution in [0.1, 0.15) is 31.9 Å². The Morgan fingerprint density at radius 2 is 1.87 bits per heavy atom. The number of carbonyl (C=O) groups is 1. The summed E-state index contributed by atoms with van der Waals surface area (Å²) >= 11 is 0. The third-order valence-electron chi connectivity index (χ3n) is 3.87. The van der Waals surface area contributed by atoms with Gasteiger partial charge < -0.3 is 19.5 Å². The summed E-state index contributed by atoms with van der Waals surface area (Å²) in [4.78, 5) is 22.6.